The topological polar surface area (TPSA) is 54.7 Å². The number of nitrogens with one attached hydrogen (secondary N) is 1. The fourth-order valence-electron chi connectivity index (χ4n) is 2.82. The van der Waals surface area contributed by atoms with Crippen molar-refractivity contribution in [1.29, 1.82) is 0 Å². The molecular formula is C19H26N2O3. The second-order valence-electron chi connectivity index (χ2n) is 5.60. The van der Waals surface area contributed by atoms with Crippen LogP contribution in [0, 0.1) is 0 Å². The normalized spacial score (nSPS) is 12.3. The number of carbonyl (C=O) groups is 1. The number of hydrogen-bond acceptors (Lipinski definition) is 4. The second kappa shape index (κ2) is 9.25. The molecule has 1 unspecified atom stereocenters. The van der Waals surface area contributed by atoms with Crippen molar-refractivity contribution in [2.24, 2.45) is 0 Å². The van der Waals surface area contributed by atoms with Crippen LogP contribution in [0.3, 0.4) is 0 Å². The van der Waals surface area contributed by atoms with Crippen LogP contribution in [0.2, 0.25) is 0 Å². The molecule has 24 heavy (non-hydrogen) atoms. The standard InChI is InChI=1S/C19H26N2O3/c1-4-21(5-2)17(18-10-7-11-24-18)13-20-19(22)16-9-6-8-15(12-16)14-23-3/h6-12,17H,4-5,13-14H2,1-3H3,(H,20,22). The van der Waals surface area contributed by atoms with Crippen LogP contribution in [-0.4, -0.2) is 37.6 Å². The zero-order valence-corrected chi connectivity index (χ0v) is 14.6. The highest BCUT2D eigenvalue weighted by molar-refractivity contribution is 5.94. The minimum absolute atomic E-state index is 0.0288. The number of hydrogen-bond donors (Lipinski definition) is 1. The van der Waals surface area contributed by atoms with Gasteiger partial charge in [-0.15, -0.1) is 0 Å². The van der Waals surface area contributed by atoms with E-state index in [-0.39, 0.29) is 11.9 Å². The first-order chi connectivity index (χ1) is 11.7. The number of amides is 1. The van der Waals surface area contributed by atoms with Crippen LogP contribution in [0.5, 0.6) is 0 Å². The van der Waals surface area contributed by atoms with Gasteiger partial charge in [0, 0.05) is 19.2 Å². The molecule has 2 aromatic rings. The van der Waals surface area contributed by atoms with Crippen LogP contribution in [-0.2, 0) is 11.3 Å². The summed E-state index contributed by atoms with van der Waals surface area (Å²) in [5.74, 6) is 0.781. The molecule has 0 aliphatic heterocycles. The molecule has 0 aliphatic carbocycles. The molecule has 0 saturated heterocycles. The van der Waals surface area contributed by atoms with Gasteiger partial charge < -0.3 is 14.5 Å². The molecule has 1 N–H and O–H groups in total. The highest BCUT2D eigenvalue weighted by Crippen LogP contribution is 2.20. The predicted molar refractivity (Wildman–Crippen MR) is 93.9 cm³/mol. The van der Waals surface area contributed by atoms with Gasteiger partial charge in [-0.3, -0.25) is 9.69 Å². The van der Waals surface area contributed by atoms with E-state index in [1.54, 1.807) is 13.4 Å². The molecule has 0 radical (unpaired) electrons. The molecular weight excluding hydrogens is 304 g/mol. The molecule has 0 saturated carbocycles. The Bertz CT molecular complexity index is 621. The van der Waals surface area contributed by atoms with Crippen molar-refractivity contribution in [2.45, 2.75) is 26.5 Å². The van der Waals surface area contributed by atoms with Crippen molar-refractivity contribution in [3.05, 3.63) is 59.5 Å². The number of benzene rings is 1. The minimum atomic E-state index is -0.0864. The Morgan fingerprint density at radius 1 is 1.25 bits per heavy atom. The molecule has 0 aliphatic rings. The smallest absolute Gasteiger partial charge is 0.251 e. The van der Waals surface area contributed by atoms with E-state index in [1.807, 2.05) is 36.4 Å². The molecule has 5 nitrogen and oxygen atoms in total. The summed E-state index contributed by atoms with van der Waals surface area (Å²) >= 11 is 0. The molecule has 0 bridgehead atoms. The average molecular weight is 330 g/mol. The molecule has 130 valence electrons. The van der Waals surface area contributed by atoms with Crippen LogP contribution in [0.25, 0.3) is 0 Å². The van der Waals surface area contributed by atoms with Crippen LogP contribution in [0.1, 0.15) is 41.6 Å². The zero-order valence-electron chi connectivity index (χ0n) is 14.6. The van der Waals surface area contributed by atoms with Gasteiger partial charge in [-0.1, -0.05) is 26.0 Å². The number of carbonyl (C=O) groups excluding carboxylic acids is 1. The van der Waals surface area contributed by atoms with Crippen LogP contribution in [0.15, 0.2) is 47.1 Å². The van der Waals surface area contributed by atoms with E-state index in [2.05, 4.69) is 24.1 Å². The predicted octanol–water partition coefficient (Wildman–Crippen LogP) is 3.24. The largest absolute Gasteiger partial charge is 0.468 e. The summed E-state index contributed by atoms with van der Waals surface area (Å²) in [6, 6.07) is 11.3. The van der Waals surface area contributed by atoms with Crippen molar-refractivity contribution in [1.82, 2.24) is 10.2 Å². The summed E-state index contributed by atoms with van der Waals surface area (Å²) in [6.07, 6.45) is 1.67. The third-order valence-electron chi connectivity index (χ3n) is 4.08. The number of rotatable bonds is 9. The van der Waals surface area contributed by atoms with E-state index in [0.29, 0.717) is 18.7 Å². The Kier molecular flexibility index (Phi) is 7.03. The third kappa shape index (κ3) is 4.69. The lowest BCUT2D eigenvalue weighted by atomic mass is 10.1. The van der Waals surface area contributed by atoms with E-state index < -0.39 is 0 Å². The van der Waals surface area contributed by atoms with Gasteiger partial charge in [0.1, 0.15) is 5.76 Å². The van der Waals surface area contributed by atoms with Gasteiger partial charge in [0.05, 0.1) is 18.9 Å². The maximum absolute atomic E-state index is 12.5. The first-order valence-corrected chi connectivity index (χ1v) is 8.33. The Morgan fingerprint density at radius 2 is 2.04 bits per heavy atom. The fraction of sp³-hybridized carbons (Fsp3) is 0.421. The maximum Gasteiger partial charge on any atom is 0.251 e. The van der Waals surface area contributed by atoms with Gasteiger partial charge in [-0.25, -0.2) is 0 Å². The molecule has 1 atom stereocenters. The molecule has 0 fully saturated rings. The number of ether oxygens (including phenoxy) is 1. The van der Waals surface area contributed by atoms with Crippen molar-refractivity contribution in [3.8, 4) is 0 Å². The van der Waals surface area contributed by atoms with E-state index in [9.17, 15) is 4.79 Å². The quantitative estimate of drug-likeness (QED) is 0.767. The summed E-state index contributed by atoms with van der Waals surface area (Å²) in [7, 11) is 1.64. The SMILES string of the molecule is CCN(CC)C(CNC(=O)c1cccc(COC)c1)c1ccco1. The van der Waals surface area contributed by atoms with E-state index in [1.165, 1.54) is 0 Å². The van der Waals surface area contributed by atoms with Gasteiger partial charge in [-0.2, -0.15) is 0 Å². The lowest BCUT2D eigenvalue weighted by Gasteiger charge is -2.28. The Hall–Kier alpha value is -2.11. The molecule has 1 heterocycles. The molecule has 5 heteroatoms. The highest BCUT2D eigenvalue weighted by Gasteiger charge is 2.21. The zero-order chi connectivity index (χ0) is 17.4. The van der Waals surface area contributed by atoms with Crippen molar-refractivity contribution in [3.63, 3.8) is 0 Å². The number of nitrogens with zero attached hydrogens (tertiary/aromatic N) is 1. The maximum atomic E-state index is 12.5. The Balaban J connectivity index is 2.05. The molecule has 2 rings (SSSR count). The minimum Gasteiger partial charge on any atom is -0.468 e. The van der Waals surface area contributed by atoms with Crippen LogP contribution < -0.4 is 5.32 Å². The molecule has 1 amide bonds. The van der Waals surface area contributed by atoms with E-state index in [0.717, 1.165) is 24.4 Å². The lowest BCUT2D eigenvalue weighted by Crippen LogP contribution is -2.37. The highest BCUT2D eigenvalue weighted by atomic mass is 16.5. The lowest BCUT2D eigenvalue weighted by molar-refractivity contribution is 0.0929. The van der Waals surface area contributed by atoms with Crippen LogP contribution >= 0.6 is 0 Å². The van der Waals surface area contributed by atoms with Crippen LogP contribution in [0.4, 0.5) is 0 Å². The van der Waals surface area contributed by atoms with E-state index in [4.69, 9.17) is 9.15 Å². The van der Waals surface area contributed by atoms with Gasteiger partial charge >= 0.3 is 0 Å². The van der Waals surface area contributed by atoms with Crippen molar-refractivity contribution < 1.29 is 13.9 Å². The van der Waals surface area contributed by atoms with Crippen molar-refractivity contribution >= 4 is 5.91 Å². The Labute approximate surface area is 143 Å². The second-order valence-corrected chi connectivity index (χ2v) is 5.60. The van der Waals surface area contributed by atoms with Gasteiger partial charge in [0.2, 0.25) is 0 Å². The molecule has 0 spiro atoms. The number of methoxy groups -OCH3 is 1. The third-order valence-corrected chi connectivity index (χ3v) is 4.08. The number of furan rings is 1. The van der Waals surface area contributed by atoms with Gasteiger partial charge in [0.15, 0.2) is 0 Å². The van der Waals surface area contributed by atoms with Gasteiger partial charge in [0.25, 0.3) is 5.91 Å². The summed E-state index contributed by atoms with van der Waals surface area (Å²) < 4.78 is 10.7. The monoisotopic (exact) mass is 330 g/mol. The molecule has 1 aromatic heterocycles. The average Bonchev–Trinajstić information content (AvgIpc) is 3.13. The van der Waals surface area contributed by atoms with E-state index >= 15 is 0 Å². The summed E-state index contributed by atoms with van der Waals surface area (Å²) in [5.41, 5.74) is 1.62. The number of likely N-dealkylation sites (N-methyl/N-ethyl adjacent to an activating group) is 1. The Morgan fingerprint density at radius 3 is 2.67 bits per heavy atom. The first kappa shape index (κ1) is 18.2. The summed E-state index contributed by atoms with van der Waals surface area (Å²) in [5, 5.41) is 3.02. The first-order valence-electron chi connectivity index (χ1n) is 8.33. The van der Waals surface area contributed by atoms with Gasteiger partial charge in [-0.05, 0) is 42.9 Å². The molecule has 1 aromatic carbocycles. The summed E-state index contributed by atoms with van der Waals surface area (Å²) in [4.78, 5) is 14.7. The fourth-order valence-corrected chi connectivity index (χ4v) is 2.82. The summed E-state index contributed by atoms with van der Waals surface area (Å²) in [6.45, 7) is 6.99. The van der Waals surface area contributed by atoms with Crippen molar-refractivity contribution in [2.75, 3.05) is 26.7 Å².